The summed E-state index contributed by atoms with van der Waals surface area (Å²) in [6.07, 6.45) is 11.9. The number of morpholine rings is 1. The Hall–Kier alpha value is -1.07. The molecule has 1 heterocycles. The average Bonchev–Trinajstić information content (AvgIpc) is 2.63. The normalized spacial score (nSPS) is 23.1. The molecule has 1 saturated carbocycles. The highest BCUT2D eigenvalue weighted by molar-refractivity contribution is 5.79. The summed E-state index contributed by atoms with van der Waals surface area (Å²) >= 11 is 0. The Bertz CT molecular complexity index is 382. The van der Waals surface area contributed by atoms with Crippen molar-refractivity contribution in [2.75, 3.05) is 46.4 Å². The van der Waals surface area contributed by atoms with Crippen LogP contribution in [0, 0.1) is 0 Å². The summed E-state index contributed by atoms with van der Waals surface area (Å²) in [5.41, 5.74) is 0.281. The van der Waals surface area contributed by atoms with Gasteiger partial charge >= 0.3 is 0 Å². The summed E-state index contributed by atoms with van der Waals surface area (Å²) in [6.45, 7) is 7.84. The molecular weight excluding hydrogens is 288 g/mol. The highest BCUT2D eigenvalue weighted by atomic mass is 16.5. The monoisotopic (exact) mass is 322 g/mol. The summed E-state index contributed by atoms with van der Waals surface area (Å²) in [7, 11) is 1.85. The van der Waals surface area contributed by atoms with Gasteiger partial charge in [-0.25, -0.2) is 0 Å². The van der Waals surface area contributed by atoms with Crippen molar-refractivity contribution in [1.82, 2.24) is 15.5 Å². The number of hydrogen-bond acceptors (Lipinski definition) is 3. The first-order chi connectivity index (χ1) is 11.3. The van der Waals surface area contributed by atoms with E-state index < -0.39 is 0 Å². The van der Waals surface area contributed by atoms with Gasteiger partial charge in [0, 0.05) is 38.8 Å². The lowest BCUT2D eigenvalue weighted by molar-refractivity contribution is -0.0352. The van der Waals surface area contributed by atoms with Crippen LogP contribution in [0.15, 0.2) is 17.1 Å². The molecular formula is C18H34N4O. The standard InChI is InChI=1S/C18H34N4O/c1-3-4-8-11-20-17(19-2)21-16-18(9-6-5-7-10-18)22-12-14-23-15-13-22/h3-4H,5-16H2,1-2H3,(H2,19,20,21). The molecule has 0 atom stereocenters. The van der Waals surface area contributed by atoms with Crippen molar-refractivity contribution >= 4 is 5.96 Å². The van der Waals surface area contributed by atoms with Crippen LogP contribution < -0.4 is 10.6 Å². The van der Waals surface area contributed by atoms with E-state index in [0.717, 1.165) is 51.8 Å². The van der Waals surface area contributed by atoms with E-state index in [0.29, 0.717) is 0 Å². The van der Waals surface area contributed by atoms with Crippen LogP contribution in [0.4, 0.5) is 0 Å². The molecule has 2 aliphatic rings. The lowest BCUT2D eigenvalue weighted by Gasteiger charge is -2.48. The van der Waals surface area contributed by atoms with Gasteiger partial charge in [0.25, 0.3) is 0 Å². The zero-order valence-electron chi connectivity index (χ0n) is 14.9. The number of aliphatic imine (C=N–C) groups is 1. The van der Waals surface area contributed by atoms with Gasteiger partial charge in [0.15, 0.2) is 5.96 Å². The maximum absolute atomic E-state index is 5.55. The second-order valence-corrected chi connectivity index (χ2v) is 6.59. The number of guanidine groups is 1. The topological polar surface area (TPSA) is 48.9 Å². The van der Waals surface area contributed by atoms with Gasteiger partial charge in [0.1, 0.15) is 0 Å². The quantitative estimate of drug-likeness (QED) is 0.340. The largest absolute Gasteiger partial charge is 0.379 e. The van der Waals surface area contributed by atoms with Gasteiger partial charge in [-0.2, -0.15) is 0 Å². The van der Waals surface area contributed by atoms with Crippen molar-refractivity contribution in [2.24, 2.45) is 4.99 Å². The number of rotatable bonds is 6. The zero-order valence-corrected chi connectivity index (χ0v) is 14.9. The lowest BCUT2D eigenvalue weighted by atomic mass is 9.80. The number of hydrogen-bond donors (Lipinski definition) is 2. The van der Waals surface area contributed by atoms with Gasteiger partial charge in [-0.3, -0.25) is 9.89 Å². The molecule has 1 saturated heterocycles. The van der Waals surface area contributed by atoms with Gasteiger partial charge in [-0.1, -0.05) is 31.4 Å². The predicted molar refractivity (Wildman–Crippen MR) is 97.0 cm³/mol. The van der Waals surface area contributed by atoms with Crippen molar-refractivity contribution in [2.45, 2.75) is 51.0 Å². The second kappa shape index (κ2) is 9.93. The molecule has 2 N–H and O–H groups in total. The van der Waals surface area contributed by atoms with Crippen LogP contribution in [0.5, 0.6) is 0 Å². The summed E-state index contributed by atoms with van der Waals surface area (Å²) in [4.78, 5) is 7.04. The van der Waals surface area contributed by atoms with Crippen LogP contribution in [-0.2, 0) is 4.74 Å². The van der Waals surface area contributed by atoms with E-state index in [1.54, 1.807) is 0 Å². The molecule has 0 aromatic heterocycles. The van der Waals surface area contributed by atoms with E-state index in [-0.39, 0.29) is 5.54 Å². The molecule has 132 valence electrons. The minimum Gasteiger partial charge on any atom is -0.379 e. The molecule has 0 radical (unpaired) electrons. The van der Waals surface area contributed by atoms with Crippen LogP contribution in [0.2, 0.25) is 0 Å². The molecule has 0 bridgehead atoms. The SMILES string of the molecule is CC=CCCNC(=NC)NCC1(N2CCOCC2)CCCCC1. The predicted octanol–water partition coefficient (Wildman–Crippen LogP) is 2.15. The van der Waals surface area contributed by atoms with E-state index in [9.17, 15) is 0 Å². The summed E-state index contributed by atoms with van der Waals surface area (Å²) in [5.74, 6) is 0.924. The Morgan fingerprint density at radius 1 is 1.17 bits per heavy atom. The molecule has 2 fully saturated rings. The second-order valence-electron chi connectivity index (χ2n) is 6.59. The van der Waals surface area contributed by atoms with Crippen molar-refractivity contribution in [3.8, 4) is 0 Å². The molecule has 0 aromatic rings. The molecule has 0 spiro atoms. The summed E-state index contributed by atoms with van der Waals surface area (Å²) in [5, 5.41) is 6.99. The van der Waals surface area contributed by atoms with Crippen molar-refractivity contribution in [3.05, 3.63) is 12.2 Å². The van der Waals surface area contributed by atoms with Gasteiger partial charge in [0.2, 0.25) is 0 Å². The third-order valence-electron chi connectivity index (χ3n) is 5.11. The van der Waals surface area contributed by atoms with E-state index in [1.807, 2.05) is 7.05 Å². The van der Waals surface area contributed by atoms with Crippen molar-refractivity contribution in [3.63, 3.8) is 0 Å². The summed E-state index contributed by atoms with van der Waals surface area (Å²) < 4.78 is 5.55. The van der Waals surface area contributed by atoms with E-state index in [2.05, 4.69) is 39.6 Å². The summed E-state index contributed by atoms with van der Waals surface area (Å²) in [6, 6.07) is 0. The number of nitrogens with zero attached hydrogens (tertiary/aromatic N) is 2. The Kier molecular flexibility index (Phi) is 7.89. The van der Waals surface area contributed by atoms with E-state index >= 15 is 0 Å². The zero-order chi connectivity index (χ0) is 16.4. The minimum absolute atomic E-state index is 0.281. The highest BCUT2D eigenvalue weighted by Gasteiger charge is 2.38. The maximum Gasteiger partial charge on any atom is 0.191 e. The van der Waals surface area contributed by atoms with Crippen molar-refractivity contribution in [1.29, 1.82) is 0 Å². The number of nitrogens with one attached hydrogen (secondary N) is 2. The first-order valence-corrected chi connectivity index (χ1v) is 9.19. The van der Waals surface area contributed by atoms with E-state index in [4.69, 9.17) is 4.74 Å². The van der Waals surface area contributed by atoms with Gasteiger partial charge < -0.3 is 15.4 Å². The Balaban J connectivity index is 1.89. The Morgan fingerprint density at radius 3 is 2.57 bits per heavy atom. The van der Waals surface area contributed by atoms with Crippen LogP contribution in [-0.4, -0.2) is 62.8 Å². The fraction of sp³-hybridized carbons (Fsp3) is 0.833. The molecule has 1 aliphatic heterocycles. The fourth-order valence-electron chi connectivity index (χ4n) is 3.76. The Morgan fingerprint density at radius 2 is 1.91 bits per heavy atom. The molecule has 5 nitrogen and oxygen atoms in total. The van der Waals surface area contributed by atoms with E-state index in [1.165, 1.54) is 32.1 Å². The van der Waals surface area contributed by atoms with Crippen molar-refractivity contribution < 1.29 is 4.74 Å². The average molecular weight is 322 g/mol. The Labute approximate surface area is 141 Å². The molecule has 0 aromatic carbocycles. The van der Waals surface area contributed by atoms with Crippen LogP contribution >= 0.6 is 0 Å². The molecule has 23 heavy (non-hydrogen) atoms. The minimum atomic E-state index is 0.281. The third-order valence-corrected chi connectivity index (χ3v) is 5.11. The number of ether oxygens (including phenoxy) is 1. The van der Waals surface area contributed by atoms with Gasteiger partial charge in [-0.05, 0) is 26.2 Å². The van der Waals surface area contributed by atoms with Gasteiger partial charge in [0.05, 0.1) is 13.2 Å². The lowest BCUT2D eigenvalue weighted by Crippen LogP contribution is -2.60. The first-order valence-electron chi connectivity index (χ1n) is 9.19. The highest BCUT2D eigenvalue weighted by Crippen LogP contribution is 2.33. The molecule has 5 heteroatoms. The first kappa shape index (κ1) is 18.3. The van der Waals surface area contributed by atoms with Crippen LogP contribution in [0.25, 0.3) is 0 Å². The van der Waals surface area contributed by atoms with Crippen LogP contribution in [0.3, 0.4) is 0 Å². The molecule has 0 amide bonds. The molecule has 2 rings (SSSR count). The smallest absolute Gasteiger partial charge is 0.191 e. The maximum atomic E-state index is 5.55. The van der Waals surface area contributed by atoms with Crippen LogP contribution in [0.1, 0.15) is 45.4 Å². The fourth-order valence-corrected chi connectivity index (χ4v) is 3.76. The molecule has 1 aliphatic carbocycles. The number of allylic oxidation sites excluding steroid dienone is 1. The third kappa shape index (κ3) is 5.50. The molecule has 0 unspecified atom stereocenters. The van der Waals surface area contributed by atoms with Gasteiger partial charge in [-0.15, -0.1) is 0 Å².